The normalized spacial score (nSPS) is 12.1. The number of anilines is 1. The van der Waals surface area contributed by atoms with Crippen LogP contribution in [0.4, 0.5) is 32.0 Å². The predicted molar refractivity (Wildman–Crippen MR) is 129 cm³/mol. The first-order valence-corrected chi connectivity index (χ1v) is 10.9. The third-order valence-electron chi connectivity index (χ3n) is 5.50. The molecule has 188 valence electrons. The number of nitrogens with zero attached hydrogens (tertiary/aromatic N) is 1. The molecule has 4 rings (SSSR count). The minimum atomic E-state index is -4.54. The number of hydrogen-bond acceptors (Lipinski definition) is 2. The van der Waals surface area contributed by atoms with E-state index < -0.39 is 29.4 Å². The lowest BCUT2D eigenvalue weighted by atomic mass is 9.95. The van der Waals surface area contributed by atoms with Crippen molar-refractivity contribution in [1.29, 1.82) is 0 Å². The molecule has 0 aliphatic rings. The van der Waals surface area contributed by atoms with E-state index in [2.05, 4.69) is 10.3 Å². The lowest BCUT2D eigenvalue weighted by Gasteiger charge is -2.12. The predicted octanol–water partition coefficient (Wildman–Crippen LogP) is 7.90. The third-order valence-corrected chi connectivity index (χ3v) is 5.50. The lowest BCUT2D eigenvalue weighted by Crippen LogP contribution is -2.08. The minimum absolute atomic E-state index is 0.333. The van der Waals surface area contributed by atoms with Gasteiger partial charge < -0.3 is 5.32 Å². The maximum atomic E-state index is 13.0. The van der Waals surface area contributed by atoms with Crippen molar-refractivity contribution in [3.05, 3.63) is 126 Å². The van der Waals surface area contributed by atoms with E-state index in [9.17, 15) is 31.1 Å². The Bertz CT molecular complexity index is 1400. The van der Waals surface area contributed by atoms with Crippen LogP contribution < -0.4 is 5.32 Å². The van der Waals surface area contributed by atoms with E-state index in [-0.39, 0.29) is 0 Å². The Morgan fingerprint density at radius 2 is 1.32 bits per heavy atom. The standard InChI is InChI=1S/C28H18F6N2O/c29-27(30,31)21-11-7-18(8-12-21)23(19-9-13-22(14-10-19)28(32,33)34)4-2-6-26(37)36-25-5-1-3-20-17-35-16-15-24(20)25/h1-17H,(H,36,37)/b6-2+. The lowest BCUT2D eigenvalue weighted by molar-refractivity contribution is -0.138. The van der Waals surface area contributed by atoms with Crippen LogP contribution in [0.1, 0.15) is 22.3 Å². The molecule has 1 N–H and O–H groups in total. The Morgan fingerprint density at radius 1 is 0.757 bits per heavy atom. The number of fused-ring (bicyclic) bond motifs is 1. The molecular formula is C28H18F6N2O. The maximum Gasteiger partial charge on any atom is 0.416 e. The molecule has 0 saturated carbocycles. The van der Waals surface area contributed by atoms with Gasteiger partial charge in [-0.25, -0.2) is 0 Å². The molecule has 4 aromatic rings. The second-order valence-corrected chi connectivity index (χ2v) is 7.98. The molecule has 1 aromatic heterocycles. The number of pyridine rings is 1. The highest BCUT2D eigenvalue weighted by Crippen LogP contribution is 2.33. The SMILES string of the molecule is O=C(/C=C/C=C(c1ccc(C(F)(F)F)cc1)c1ccc(C(F)(F)F)cc1)Nc1cccc2cnccc12. The summed E-state index contributed by atoms with van der Waals surface area (Å²) in [7, 11) is 0. The Morgan fingerprint density at radius 3 is 1.86 bits per heavy atom. The van der Waals surface area contributed by atoms with E-state index in [1.807, 2.05) is 6.07 Å². The van der Waals surface area contributed by atoms with Gasteiger partial charge in [-0.1, -0.05) is 48.6 Å². The Labute approximate surface area is 207 Å². The Balaban J connectivity index is 1.63. The van der Waals surface area contributed by atoms with E-state index in [1.54, 1.807) is 30.6 Å². The zero-order valence-corrected chi connectivity index (χ0v) is 18.9. The van der Waals surface area contributed by atoms with E-state index in [0.717, 1.165) is 35.0 Å². The summed E-state index contributed by atoms with van der Waals surface area (Å²) in [6.45, 7) is 0. The molecule has 0 aliphatic carbocycles. The molecule has 0 radical (unpaired) electrons. The fourth-order valence-corrected chi connectivity index (χ4v) is 3.67. The first-order valence-electron chi connectivity index (χ1n) is 10.9. The number of aromatic nitrogens is 1. The van der Waals surface area contributed by atoms with Crippen molar-refractivity contribution in [2.75, 3.05) is 5.32 Å². The number of carbonyl (C=O) groups excluding carboxylic acids is 1. The van der Waals surface area contributed by atoms with Gasteiger partial charge >= 0.3 is 12.4 Å². The van der Waals surface area contributed by atoms with Crippen LogP contribution >= 0.6 is 0 Å². The van der Waals surface area contributed by atoms with Crippen LogP contribution in [-0.4, -0.2) is 10.9 Å². The highest BCUT2D eigenvalue weighted by atomic mass is 19.4. The maximum absolute atomic E-state index is 13.0. The molecule has 0 unspecified atom stereocenters. The average Bonchev–Trinajstić information content (AvgIpc) is 2.86. The van der Waals surface area contributed by atoms with Crippen molar-refractivity contribution < 1.29 is 31.1 Å². The van der Waals surface area contributed by atoms with Crippen LogP contribution in [0.25, 0.3) is 16.3 Å². The Kier molecular flexibility index (Phi) is 7.15. The van der Waals surface area contributed by atoms with E-state index in [0.29, 0.717) is 22.4 Å². The summed E-state index contributed by atoms with van der Waals surface area (Å²) in [5.41, 5.74) is -0.155. The molecule has 0 saturated heterocycles. The van der Waals surface area contributed by atoms with Crippen LogP contribution in [0.15, 0.2) is 103 Å². The van der Waals surface area contributed by atoms with Gasteiger partial charge in [0.15, 0.2) is 0 Å². The summed E-state index contributed by atoms with van der Waals surface area (Å²) in [5.74, 6) is -0.472. The highest BCUT2D eigenvalue weighted by Gasteiger charge is 2.31. The molecule has 1 heterocycles. The monoisotopic (exact) mass is 512 g/mol. The summed E-state index contributed by atoms with van der Waals surface area (Å²) < 4.78 is 77.9. The molecule has 3 aromatic carbocycles. The molecule has 0 atom stereocenters. The van der Waals surface area contributed by atoms with Crippen LogP contribution in [0.2, 0.25) is 0 Å². The van der Waals surface area contributed by atoms with Gasteiger partial charge in [0.1, 0.15) is 0 Å². The van der Waals surface area contributed by atoms with Gasteiger partial charge in [-0.05, 0) is 53.1 Å². The molecule has 0 aliphatic heterocycles. The van der Waals surface area contributed by atoms with Crippen molar-refractivity contribution in [2.45, 2.75) is 12.4 Å². The number of nitrogens with one attached hydrogen (secondary N) is 1. The van der Waals surface area contributed by atoms with Crippen LogP contribution in [0, 0.1) is 0 Å². The van der Waals surface area contributed by atoms with E-state index >= 15 is 0 Å². The van der Waals surface area contributed by atoms with Crippen molar-refractivity contribution in [3.63, 3.8) is 0 Å². The number of allylic oxidation sites excluding steroid dienone is 2. The molecule has 0 spiro atoms. The van der Waals surface area contributed by atoms with E-state index in [4.69, 9.17) is 0 Å². The number of carbonyl (C=O) groups is 1. The summed E-state index contributed by atoms with van der Waals surface area (Å²) in [5, 5.41) is 4.37. The number of hydrogen-bond donors (Lipinski definition) is 1. The molecule has 3 nitrogen and oxygen atoms in total. The number of amides is 1. The van der Waals surface area contributed by atoms with E-state index in [1.165, 1.54) is 42.5 Å². The second kappa shape index (κ2) is 10.3. The number of alkyl halides is 6. The van der Waals surface area contributed by atoms with Gasteiger partial charge in [-0.15, -0.1) is 0 Å². The zero-order chi connectivity index (χ0) is 26.6. The molecule has 0 bridgehead atoms. The fourth-order valence-electron chi connectivity index (χ4n) is 3.67. The van der Waals surface area contributed by atoms with Gasteiger partial charge in [0.05, 0.1) is 11.1 Å². The van der Waals surface area contributed by atoms with Crippen molar-refractivity contribution in [2.24, 2.45) is 0 Å². The fraction of sp³-hybridized carbons (Fsp3) is 0.0714. The zero-order valence-electron chi connectivity index (χ0n) is 18.9. The van der Waals surface area contributed by atoms with Crippen LogP contribution in [-0.2, 0) is 17.1 Å². The highest BCUT2D eigenvalue weighted by molar-refractivity contribution is 6.06. The van der Waals surface area contributed by atoms with Gasteiger partial charge in [0, 0.05) is 34.9 Å². The van der Waals surface area contributed by atoms with Crippen molar-refractivity contribution >= 4 is 27.9 Å². The van der Waals surface area contributed by atoms with Gasteiger partial charge in [0.25, 0.3) is 0 Å². The van der Waals surface area contributed by atoms with Crippen LogP contribution in [0.5, 0.6) is 0 Å². The number of halogens is 6. The molecule has 1 amide bonds. The Hall–Kier alpha value is -4.40. The smallest absolute Gasteiger partial charge is 0.322 e. The van der Waals surface area contributed by atoms with Crippen molar-refractivity contribution in [1.82, 2.24) is 4.98 Å². The topological polar surface area (TPSA) is 42.0 Å². The minimum Gasteiger partial charge on any atom is -0.322 e. The molecule has 0 fully saturated rings. The molecule has 9 heteroatoms. The quantitative estimate of drug-likeness (QED) is 0.168. The number of benzene rings is 3. The summed E-state index contributed by atoms with van der Waals surface area (Å²) in [4.78, 5) is 16.6. The first-order chi connectivity index (χ1) is 17.5. The van der Waals surface area contributed by atoms with Crippen LogP contribution in [0.3, 0.4) is 0 Å². The van der Waals surface area contributed by atoms with Gasteiger partial charge in [-0.3, -0.25) is 9.78 Å². The summed E-state index contributed by atoms with van der Waals surface area (Å²) in [6.07, 6.45) is -1.77. The number of rotatable bonds is 5. The average molecular weight is 512 g/mol. The van der Waals surface area contributed by atoms with Gasteiger partial charge in [-0.2, -0.15) is 26.3 Å². The largest absolute Gasteiger partial charge is 0.416 e. The first kappa shape index (κ1) is 25.7. The second-order valence-electron chi connectivity index (χ2n) is 7.98. The third kappa shape index (κ3) is 6.24. The van der Waals surface area contributed by atoms with Gasteiger partial charge in [0.2, 0.25) is 5.91 Å². The molecule has 37 heavy (non-hydrogen) atoms. The van der Waals surface area contributed by atoms with Crippen molar-refractivity contribution in [3.8, 4) is 0 Å². The summed E-state index contributed by atoms with van der Waals surface area (Å²) >= 11 is 0. The molecular weight excluding hydrogens is 494 g/mol. The summed E-state index contributed by atoms with van der Waals surface area (Å²) in [6, 6.07) is 15.5.